The van der Waals surface area contributed by atoms with Crippen LogP contribution in [0.1, 0.15) is 49.3 Å². The van der Waals surface area contributed by atoms with Gasteiger partial charge in [-0.3, -0.25) is 0 Å². The van der Waals surface area contributed by atoms with Crippen molar-refractivity contribution in [2.75, 3.05) is 13.1 Å². The molecule has 0 unspecified atom stereocenters. The quantitative estimate of drug-likeness (QED) is 0.256. The molecule has 28 heavy (non-hydrogen) atoms. The molecule has 0 atom stereocenters. The van der Waals surface area contributed by atoms with Crippen molar-refractivity contribution in [3.63, 3.8) is 0 Å². The van der Waals surface area contributed by atoms with E-state index in [0.717, 1.165) is 36.9 Å². The van der Waals surface area contributed by atoms with Gasteiger partial charge in [-0.1, -0.05) is 31.1 Å². The SMILES string of the molecule is CCNC(=NCc1cc(C(C)C)no1)NCCc1c[nH]c2cc(C)ccc12.I. The molecule has 0 spiro atoms. The van der Waals surface area contributed by atoms with E-state index < -0.39 is 0 Å². The number of hydrogen-bond acceptors (Lipinski definition) is 3. The fraction of sp³-hybridized carbons (Fsp3) is 0.429. The molecule has 1 aromatic carbocycles. The van der Waals surface area contributed by atoms with Crippen molar-refractivity contribution in [1.82, 2.24) is 20.8 Å². The van der Waals surface area contributed by atoms with Gasteiger partial charge in [-0.05, 0) is 43.4 Å². The number of guanidine groups is 1. The summed E-state index contributed by atoms with van der Waals surface area (Å²) in [5, 5.41) is 12.0. The summed E-state index contributed by atoms with van der Waals surface area (Å²) >= 11 is 0. The van der Waals surface area contributed by atoms with E-state index in [1.54, 1.807) is 0 Å². The zero-order valence-electron chi connectivity index (χ0n) is 17.0. The number of aryl methyl sites for hydroxylation is 1. The van der Waals surface area contributed by atoms with Gasteiger partial charge in [-0.15, -0.1) is 24.0 Å². The van der Waals surface area contributed by atoms with E-state index >= 15 is 0 Å². The van der Waals surface area contributed by atoms with E-state index in [1.165, 1.54) is 22.0 Å². The van der Waals surface area contributed by atoms with E-state index in [0.29, 0.717) is 12.5 Å². The molecule has 7 heteroatoms. The largest absolute Gasteiger partial charge is 0.361 e. The van der Waals surface area contributed by atoms with Crippen LogP contribution < -0.4 is 10.6 Å². The van der Waals surface area contributed by atoms with Gasteiger partial charge < -0.3 is 20.1 Å². The second kappa shape index (κ2) is 10.5. The summed E-state index contributed by atoms with van der Waals surface area (Å²) in [4.78, 5) is 7.96. The maximum Gasteiger partial charge on any atom is 0.191 e. The molecule has 0 saturated heterocycles. The molecule has 0 aliphatic carbocycles. The second-order valence-electron chi connectivity index (χ2n) is 7.11. The van der Waals surface area contributed by atoms with Gasteiger partial charge in [0.25, 0.3) is 0 Å². The number of halogens is 1. The lowest BCUT2D eigenvalue weighted by atomic mass is 10.1. The Labute approximate surface area is 183 Å². The van der Waals surface area contributed by atoms with Crippen molar-refractivity contribution >= 4 is 40.8 Å². The summed E-state index contributed by atoms with van der Waals surface area (Å²) < 4.78 is 5.36. The van der Waals surface area contributed by atoms with E-state index in [2.05, 4.69) is 77.9 Å². The van der Waals surface area contributed by atoms with Crippen molar-refractivity contribution in [2.45, 2.75) is 46.6 Å². The maximum absolute atomic E-state index is 5.36. The van der Waals surface area contributed by atoms with Crippen LogP contribution in [0.2, 0.25) is 0 Å². The summed E-state index contributed by atoms with van der Waals surface area (Å²) in [5.74, 6) is 1.93. The number of rotatable bonds is 7. The first-order valence-corrected chi connectivity index (χ1v) is 9.61. The Bertz CT molecular complexity index is 913. The first-order valence-electron chi connectivity index (χ1n) is 9.61. The number of nitrogens with zero attached hydrogens (tertiary/aromatic N) is 2. The summed E-state index contributed by atoms with van der Waals surface area (Å²) in [6.45, 7) is 10.5. The number of aromatic nitrogens is 2. The van der Waals surface area contributed by atoms with E-state index in [4.69, 9.17) is 4.52 Å². The molecule has 152 valence electrons. The molecule has 0 radical (unpaired) electrons. The van der Waals surface area contributed by atoms with Gasteiger partial charge in [0.15, 0.2) is 11.7 Å². The highest BCUT2D eigenvalue weighted by Gasteiger charge is 2.08. The smallest absolute Gasteiger partial charge is 0.191 e. The van der Waals surface area contributed by atoms with E-state index in [1.807, 2.05) is 6.07 Å². The fourth-order valence-corrected chi connectivity index (χ4v) is 3.00. The molecule has 2 aromatic heterocycles. The number of fused-ring (bicyclic) bond motifs is 1. The minimum Gasteiger partial charge on any atom is -0.361 e. The average molecular weight is 495 g/mol. The molecule has 0 aliphatic rings. The maximum atomic E-state index is 5.36. The van der Waals surface area contributed by atoms with Crippen molar-refractivity contribution in [2.24, 2.45) is 4.99 Å². The van der Waals surface area contributed by atoms with Crippen LogP contribution >= 0.6 is 24.0 Å². The van der Waals surface area contributed by atoms with Crippen LogP contribution in [0, 0.1) is 6.92 Å². The van der Waals surface area contributed by atoms with Crippen LogP contribution in [-0.4, -0.2) is 29.2 Å². The number of aliphatic imine (C=N–C) groups is 1. The van der Waals surface area contributed by atoms with Crippen LogP contribution in [0.4, 0.5) is 0 Å². The lowest BCUT2D eigenvalue weighted by molar-refractivity contribution is 0.376. The topological polar surface area (TPSA) is 78.2 Å². The lowest BCUT2D eigenvalue weighted by Crippen LogP contribution is -2.38. The lowest BCUT2D eigenvalue weighted by Gasteiger charge is -2.10. The molecule has 6 nitrogen and oxygen atoms in total. The van der Waals surface area contributed by atoms with Gasteiger partial charge in [0.2, 0.25) is 0 Å². The molecular formula is C21H30IN5O. The highest BCUT2D eigenvalue weighted by atomic mass is 127. The Kier molecular flexibility index (Phi) is 8.35. The second-order valence-corrected chi connectivity index (χ2v) is 7.11. The van der Waals surface area contributed by atoms with Crippen LogP contribution in [0.25, 0.3) is 10.9 Å². The zero-order valence-corrected chi connectivity index (χ0v) is 19.3. The van der Waals surface area contributed by atoms with Crippen LogP contribution in [0.5, 0.6) is 0 Å². The van der Waals surface area contributed by atoms with Crippen molar-refractivity contribution in [3.05, 3.63) is 53.0 Å². The third-order valence-electron chi connectivity index (χ3n) is 4.52. The minimum atomic E-state index is 0. The van der Waals surface area contributed by atoms with Gasteiger partial charge in [-0.25, -0.2) is 4.99 Å². The van der Waals surface area contributed by atoms with Gasteiger partial charge in [0, 0.05) is 36.3 Å². The summed E-state index contributed by atoms with van der Waals surface area (Å²) in [5.41, 5.74) is 4.73. The number of hydrogen-bond donors (Lipinski definition) is 3. The van der Waals surface area contributed by atoms with Gasteiger partial charge in [-0.2, -0.15) is 0 Å². The molecule has 3 aromatic rings. The number of nitrogens with one attached hydrogen (secondary N) is 3. The molecule has 3 rings (SSSR count). The molecule has 0 fully saturated rings. The molecule has 0 bridgehead atoms. The Morgan fingerprint density at radius 2 is 2.07 bits per heavy atom. The molecule has 3 N–H and O–H groups in total. The molecule has 2 heterocycles. The highest BCUT2D eigenvalue weighted by molar-refractivity contribution is 14.0. The van der Waals surface area contributed by atoms with Crippen molar-refractivity contribution in [1.29, 1.82) is 0 Å². The van der Waals surface area contributed by atoms with E-state index in [-0.39, 0.29) is 24.0 Å². The Morgan fingerprint density at radius 3 is 2.79 bits per heavy atom. The standard InChI is InChI=1S/C21H29N5O.HI/c1-5-22-21(25-13-17-11-19(14(2)3)26-27-17)23-9-8-16-12-24-20-10-15(4)6-7-18(16)20;/h6-7,10-12,14,24H,5,8-9,13H2,1-4H3,(H2,22,23,25);1H. The molecular weight excluding hydrogens is 465 g/mol. The molecule has 0 amide bonds. The molecule has 0 aliphatic heterocycles. The van der Waals surface area contributed by atoms with Crippen LogP contribution in [0.15, 0.2) is 40.0 Å². The minimum absolute atomic E-state index is 0. The monoisotopic (exact) mass is 495 g/mol. The Balaban J connectivity index is 0.00000280. The normalized spacial score (nSPS) is 11.7. The summed E-state index contributed by atoms with van der Waals surface area (Å²) in [6, 6.07) is 8.50. The van der Waals surface area contributed by atoms with E-state index in [9.17, 15) is 0 Å². The Morgan fingerprint density at radius 1 is 1.25 bits per heavy atom. The predicted molar refractivity (Wildman–Crippen MR) is 126 cm³/mol. The number of aromatic amines is 1. The first-order chi connectivity index (χ1) is 13.1. The van der Waals surface area contributed by atoms with Gasteiger partial charge in [0.1, 0.15) is 6.54 Å². The number of H-pyrrole nitrogens is 1. The molecule has 0 saturated carbocycles. The van der Waals surface area contributed by atoms with Crippen LogP contribution in [-0.2, 0) is 13.0 Å². The van der Waals surface area contributed by atoms with Crippen LogP contribution in [0.3, 0.4) is 0 Å². The van der Waals surface area contributed by atoms with Gasteiger partial charge >= 0.3 is 0 Å². The van der Waals surface area contributed by atoms with Crippen molar-refractivity contribution < 1.29 is 4.52 Å². The highest BCUT2D eigenvalue weighted by Crippen LogP contribution is 2.19. The summed E-state index contributed by atoms with van der Waals surface area (Å²) in [7, 11) is 0. The third kappa shape index (κ3) is 5.73. The van der Waals surface area contributed by atoms with Gasteiger partial charge in [0.05, 0.1) is 5.69 Å². The first kappa shape index (κ1) is 22.3. The zero-order chi connectivity index (χ0) is 19.2. The van der Waals surface area contributed by atoms with Crippen molar-refractivity contribution in [3.8, 4) is 0 Å². The average Bonchev–Trinajstić information content (AvgIpc) is 3.26. The number of benzene rings is 1. The Hall–Kier alpha value is -2.03. The summed E-state index contributed by atoms with van der Waals surface area (Å²) in [6.07, 6.45) is 3.02. The third-order valence-corrected chi connectivity index (χ3v) is 4.52. The predicted octanol–water partition coefficient (Wildman–Crippen LogP) is 4.50. The fourth-order valence-electron chi connectivity index (χ4n) is 3.00.